The smallest absolute Gasteiger partial charge is 0.298 e. The Morgan fingerprint density at radius 2 is 1.57 bits per heavy atom. The standard InChI is InChI=1S/C27H24ClNO5S/c1-3-32-22-8-6-5-7-21(22)29-26(30)25(35-27(29)31)16-19-11-14-23(24(15-19)33-4-2)34-17-18-9-12-20(28)13-10-18/h5-16H,3-4,17H2,1-2H3/b25-16-. The molecule has 1 heterocycles. The summed E-state index contributed by atoms with van der Waals surface area (Å²) in [6.45, 7) is 4.97. The molecule has 1 aliphatic rings. The van der Waals surface area contributed by atoms with Gasteiger partial charge in [0.2, 0.25) is 0 Å². The van der Waals surface area contributed by atoms with E-state index in [2.05, 4.69) is 0 Å². The maximum Gasteiger partial charge on any atom is 0.298 e. The van der Waals surface area contributed by atoms with Crippen molar-refractivity contribution in [3.05, 3.63) is 87.8 Å². The van der Waals surface area contributed by atoms with E-state index in [0.717, 1.165) is 27.8 Å². The van der Waals surface area contributed by atoms with Crippen LogP contribution in [0.1, 0.15) is 25.0 Å². The normalized spacial score (nSPS) is 14.5. The molecule has 0 N–H and O–H groups in total. The van der Waals surface area contributed by atoms with Gasteiger partial charge in [-0.15, -0.1) is 0 Å². The van der Waals surface area contributed by atoms with Crippen molar-refractivity contribution in [1.82, 2.24) is 0 Å². The van der Waals surface area contributed by atoms with E-state index in [4.69, 9.17) is 25.8 Å². The number of ether oxygens (including phenoxy) is 3. The number of thioether (sulfide) groups is 1. The Bertz CT molecular complexity index is 1260. The highest BCUT2D eigenvalue weighted by Gasteiger charge is 2.37. The molecule has 0 spiro atoms. The minimum atomic E-state index is -0.395. The fraction of sp³-hybridized carbons (Fsp3) is 0.185. The van der Waals surface area contributed by atoms with Crippen LogP contribution in [0.3, 0.4) is 0 Å². The van der Waals surface area contributed by atoms with Crippen LogP contribution in [0, 0.1) is 0 Å². The van der Waals surface area contributed by atoms with Gasteiger partial charge in [-0.1, -0.05) is 41.9 Å². The topological polar surface area (TPSA) is 65.1 Å². The van der Waals surface area contributed by atoms with Crippen LogP contribution in [-0.2, 0) is 11.4 Å². The van der Waals surface area contributed by atoms with Crippen LogP contribution in [0.15, 0.2) is 71.6 Å². The Morgan fingerprint density at radius 1 is 0.857 bits per heavy atom. The molecule has 0 saturated carbocycles. The molecule has 4 rings (SSSR count). The molecule has 1 aliphatic heterocycles. The molecule has 0 aliphatic carbocycles. The zero-order chi connectivity index (χ0) is 24.8. The van der Waals surface area contributed by atoms with E-state index in [-0.39, 0.29) is 5.24 Å². The van der Waals surface area contributed by atoms with Crippen LogP contribution >= 0.6 is 23.4 Å². The van der Waals surface area contributed by atoms with E-state index in [1.54, 1.807) is 42.5 Å². The number of carbonyl (C=O) groups excluding carboxylic acids is 2. The average Bonchev–Trinajstić information content (AvgIpc) is 3.13. The summed E-state index contributed by atoms with van der Waals surface area (Å²) in [4.78, 5) is 27.3. The highest BCUT2D eigenvalue weighted by molar-refractivity contribution is 8.19. The van der Waals surface area contributed by atoms with Crippen LogP contribution in [0.5, 0.6) is 17.2 Å². The van der Waals surface area contributed by atoms with Gasteiger partial charge in [-0.3, -0.25) is 9.59 Å². The Kier molecular flexibility index (Phi) is 8.00. The predicted octanol–water partition coefficient (Wildman–Crippen LogP) is 6.96. The first-order chi connectivity index (χ1) is 17.0. The lowest BCUT2D eigenvalue weighted by molar-refractivity contribution is -0.113. The third-order valence-corrected chi connectivity index (χ3v) is 6.19. The molecule has 180 valence electrons. The molecule has 0 unspecified atom stereocenters. The van der Waals surface area contributed by atoms with Gasteiger partial charge in [0.15, 0.2) is 11.5 Å². The summed E-state index contributed by atoms with van der Waals surface area (Å²) < 4.78 is 17.3. The van der Waals surface area contributed by atoms with Crippen molar-refractivity contribution in [3.63, 3.8) is 0 Å². The Morgan fingerprint density at radius 3 is 2.31 bits per heavy atom. The van der Waals surface area contributed by atoms with E-state index in [0.29, 0.717) is 52.7 Å². The molecule has 3 aromatic carbocycles. The number of halogens is 1. The lowest BCUT2D eigenvalue weighted by Crippen LogP contribution is -2.28. The maximum atomic E-state index is 13.1. The lowest BCUT2D eigenvalue weighted by Gasteiger charge is -2.16. The van der Waals surface area contributed by atoms with Gasteiger partial charge in [0, 0.05) is 5.02 Å². The first-order valence-electron chi connectivity index (χ1n) is 11.1. The third-order valence-electron chi connectivity index (χ3n) is 5.07. The fourth-order valence-corrected chi connectivity index (χ4v) is 4.45. The summed E-state index contributed by atoms with van der Waals surface area (Å²) in [6.07, 6.45) is 1.68. The molecule has 1 saturated heterocycles. The van der Waals surface area contributed by atoms with Crippen LogP contribution in [0.2, 0.25) is 5.02 Å². The first kappa shape index (κ1) is 24.7. The summed E-state index contributed by atoms with van der Waals surface area (Å²) in [5.74, 6) is 1.22. The molecular formula is C27H24ClNO5S. The second kappa shape index (κ2) is 11.3. The van der Waals surface area contributed by atoms with Gasteiger partial charge in [-0.05, 0) is 79.2 Å². The largest absolute Gasteiger partial charge is 0.492 e. The van der Waals surface area contributed by atoms with Crippen LogP contribution in [0.25, 0.3) is 6.08 Å². The molecule has 6 nitrogen and oxygen atoms in total. The minimum Gasteiger partial charge on any atom is -0.492 e. The van der Waals surface area contributed by atoms with Gasteiger partial charge in [0.05, 0.1) is 23.8 Å². The van der Waals surface area contributed by atoms with Crippen molar-refractivity contribution in [3.8, 4) is 17.2 Å². The van der Waals surface area contributed by atoms with Gasteiger partial charge in [-0.25, -0.2) is 4.90 Å². The summed E-state index contributed by atoms with van der Waals surface area (Å²) in [5.41, 5.74) is 2.12. The quantitative estimate of drug-likeness (QED) is 0.290. The summed E-state index contributed by atoms with van der Waals surface area (Å²) in [6, 6.07) is 19.8. The number of anilines is 1. The zero-order valence-corrected chi connectivity index (χ0v) is 20.9. The minimum absolute atomic E-state index is 0.318. The first-order valence-corrected chi connectivity index (χ1v) is 12.3. The van der Waals surface area contributed by atoms with Crippen molar-refractivity contribution in [2.24, 2.45) is 0 Å². The van der Waals surface area contributed by atoms with Crippen LogP contribution in [-0.4, -0.2) is 24.4 Å². The molecule has 0 aromatic heterocycles. The Balaban J connectivity index is 1.56. The SMILES string of the molecule is CCOc1cc(/C=C2\SC(=O)N(c3ccccc3OCC)C2=O)ccc1OCc1ccc(Cl)cc1. The average molecular weight is 510 g/mol. The van der Waals surface area contributed by atoms with Gasteiger partial charge < -0.3 is 14.2 Å². The van der Waals surface area contributed by atoms with Crippen molar-refractivity contribution in [2.75, 3.05) is 18.1 Å². The number of amides is 2. The van der Waals surface area contributed by atoms with E-state index in [1.807, 2.05) is 44.2 Å². The summed E-state index contributed by atoms with van der Waals surface area (Å²) in [5, 5.41) is 0.292. The number of imide groups is 1. The Labute approximate surface area is 213 Å². The van der Waals surface area contributed by atoms with E-state index in [1.165, 1.54) is 0 Å². The molecule has 0 bridgehead atoms. The highest BCUT2D eigenvalue weighted by Crippen LogP contribution is 2.40. The molecule has 0 radical (unpaired) electrons. The molecule has 0 atom stereocenters. The number of hydrogen-bond donors (Lipinski definition) is 0. The Hall–Kier alpha value is -3.42. The zero-order valence-electron chi connectivity index (χ0n) is 19.3. The molecule has 1 fully saturated rings. The van der Waals surface area contributed by atoms with E-state index >= 15 is 0 Å². The second-order valence-electron chi connectivity index (χ2n) is 7.47. The van der Waals surface area contributed by atoms with Crippen molar-refractivity contribution < 1.29 is 23.8 Å². The molecule has 35 heavy (non-hydrogen) atoms. The van der Waals surface area contributed by atoms with Gasteiger partial charge in [0.1, 0.15) is 12.4 Å². The number of para-hydroxylation sites is 2. The molecule has 8 heteroatoms. The number of hydrogen-bond acceptors (Lipinski definition) is 6. The third kappa shape index (κ3) is 5.81. The number of rotatable bonds is 9. The van der Waals surface area contributed by atoms with E-state index in [9.17, 15) is 9.59 Å². The number of benzene rings is 3. The van der Waals surface area contributed by atoms with Gasteiger partial charge >= 0.3 is 0 Å². The maximum absolute atomic E-state index is 13.1. The number of nitrogens with zero attached hydrogens (tertiary/aromatic N) is 1. The van der Waals surface area contributed by atoms with Crippen molar-refractivity contribution in [1.29, 1.82) is 0 Å². The molecule has 2 amide bonds. The summed E-state index contributed by atoms with van der Waals surface area (Å²) >= 11 is 6.84. The lowest BCUT2D eigenvalue weighted by atomic mass is 10.1. The van der Waals surface area contributed by atoms with Crippen LogP contribution in [0.4, 0.5) is 10.5 Å². The monoisotopic (exact) mass is 509 g/mol. The van der Waals surface area contributed by atoms with E-state index < -0.39 is 5.91 Å². The summed E-state index contributed by atoms with van der Waals surface area (Å²) in [7, 11) is 0. The number of carbonyl (C=O) groups is 2. The van der Waals surface area contributed by atoms with Gasteiger partial charge in [-0.2, -0.15) is 0 Å². The van der Waals surface area contributed by atoms with Crippen molar-refractivity contribution in [2.45, 2.75) is 20.5 Å². The fourth-order valence-electron chi connectivity index (χ4n) is 3.49. The van der Waals surface area contributed by atoms with Crippen molar-refractivity contribution >= 4 is 46.3 Å². The second-order valence-corrected chi connectivity index (χ2v) is 8.90. The van der Waals surface area contributed by atoms with Gasteiger partial charge in [0.25, 0.3) is 11.1 Å². The molecular weight excluding hydrogens is 486 g/mol. The van der Waals surface area contributed by atoms with Crippen LogP contribution < -0.4 is 19.1 Å². The highest BCUT2D eigenvalue weighted by atomic mass is 35.5. The predicted molar refractivity (Wildman–Crippen MR) is 139 cm³/mol. The molecule has 3 aromatic rings.